The molecule has 4 heteroatoms. The van der Waals surface area contributed by atoms with Crippen LogP contribution in [0.3, 0.4) is 0 Å². The van der Waals surface area contributed by atoms with Gasteiger partial charge in [0, 0.05) is 29.8 Å². The summed E-state index contributed by atoms with van der Waals surface area (Å²) in [5.41, 5.74) is 6.52. The van der Waals surface area contributed by atoms with Crippen molar-refractivity contribution in [3.8, 4) is 0 Å². The van der Waals surface area contributed by atoms with E-state index in [4.69, 9.17) is 0 Å². The number of aromatic carboxylic acids is 1. The van der Waals surface area contributed by atoms with Crippen molar-refractivity contribution in [3.05, 3.63) is 155 Å². The number of nitrogens with one attached hydrogen (secondary N) is 1. The van der Waals surface area contributed by atoms with Gasteiger partial charge in [0.1, 0.15) is 0 Å². The van der Waals surface area contributed by atoms with E-state index in [1.54, 1.807) is 13.1 Å². The molecule has 0 aromatic heterocycles. The molecule has 0 saturated heterocycles. The molecule has 0 spiro atoms. The van der Waals surface area contributed by atoms with Crippen LogP contribution in [-0.4, -0.2) is 18.1 Å². The Kier molecular flexibility index (Phi) is 7.05. The van der Waals surface area contributed by atoms with Gasteiger partial charge in [-0.3, -0.25) is 0 Å². The predicted octanol–water partition coefficient (Wildman–Crippen LogP) is 6.55. The van der Waals surface area contributed by atoms with E-state index in [1.165, 1.54) is 0 Å². The summed E-state index contributed by atoms with van der Waals surface area (Å²) in [4.78, 5) is 14.5. The third-order valence-electron chi connectivity index (χ3n) is 6.49. The molecule has 0 aliphatic carbocycles. The average Bonchev–Trinajstić information content (AvgIpc) is 2.96. The van der Waals surface area contributed by atoms with Crippen molar-refractivity contribution in [2.75, 3.05) is 17.3 Å². The van der Waals surface area contributed by atoms with Gasteiger partial charge in [0.05, 0.1) is 5.56 Å². The molecule has 0 aliphatic rings. The third-order valence-corrected chi connectivity index (χ3v) is 6.49. The van der Waals surface area contributed by atoms with Crippen LogP contribution in [0.4, 0.5) is 22.7 Å². The number of rotatable bonds is 7. The third kappa shape index (κ3) is 5.06. The molecule has 5 rings (SSSR count). The zero-order chi connectivity index (χ0) is 26.5. The van der Waals surface area contributed by atoms with Gasteiger partial charge in [-0.1, -0.05) is 85.4 Å². The van der Waals surface area contributed by atoms with Crippen molar-refractivity contribution in [3.63, 3.8) is 0 Å². The molecule has 2 N–H and O–H groups in total. The number of carboxylic acids is 1. The lowest BCUT2D eigenvalue weighted by Crippen LogP contribution is -2.14. The Morgan fingerprint density at radius 3 is 1.76 bits per heavy atom. The van der Waals surface area contributed by atoms with Crippen molar-refractivity contribution >= 4 is 40.9 Å². The summed E-state index contributed by atoms with van der Waals surface area (Å²) in [6, 6.07) is 42.0. The molecule has 186 valence electrons. The molecule has 0 bridgehead atoms. The van der Waals surface area contributed by atoms with Crippen LogP contribution in [0, 0.1) is 0 Å². The molecule has 4 nitrogen and oxygen atoms in total. The maximum atomic E-state index is 12.3. The fourth-order valence-corrected chi connectivity index (χ4v) is 4.62. The minimum absolute atomic E-state index is 0.241. The molecule has 0 fully saturated rings. The van der Waals surface area contributed by atoms with E-state index in [2.05, 4.69) is 65.3 Å². The number of anilines is 4. The summed E-state index contributed by atoms with van der Waals surface area (Å²) in [6.07, 6.45) is 0. The molecular formula is C34H28N2O2. The molecule has 5 aromatic rings. The lowest BCUT2D eigenvalue weighted by Gasteiger charge is -2.25. The Hall–Kier alpha value is -5.09. The van der Waals surface area contributed by atoms with Crippen LogP contribution in [0.1, 0.15) is 21.5 Å². The van der Waals surface area contributed by atoms with Gasteiger partial charge >= 0.3 is 5.97 Å². The Bertz CT molecular complexity index is 1620. The van der Waals surface area contributed by atoms with E-state index < -0.39 is 5.97 Å². The largest absolute Gasteiger partial charge is 0.478 e. The molecule has 0 atom stereocenters. The maximum absolute atomic E-state index is 12.3. The minimum atomic E-state index is -0.973. The smallest absolute Gasteiger partial charge is 0.336 e. The SMILES string of the molecule is C=c1ccc(=C(c2ccc(N(c3ccccc3)c3ccccc3)cc2)c2ccc(NC)cc2C(=O)O)cc1. The number of hydrogen-bond donors (Lipinski definition) is 2. The molecule has 5 aromatic carbocycles. The second-order valence-corrected chi connectivity index (χ2v) is 8.94. The first-order valence-corrected chi connectivity index (χ1v) is 12.4. The number of benzene rings is 5. The maximum Gasteiger partial charge on any atom is 0.336 e. The van der Waals surface area contributed by atoms with E-state index in [9.17, 15) is 9.90 Å². The van der Waals surface area contributed by atoms with Gasteiger partial charge in [-0.2, -0.15) is 0 Å². The number of hydrogen-bond acceptors (Lipinski definition) is 3. The number of carboxylic acid groups (broad SMARTS) is 1. The summed E-state index contributed by atoms with van der Waals surface area (Å²) in [5.74, 6) is -0.973. The second-order valence-electron chi connectivity index (χ2n) is 8.94. The van der Waals surface area contributed by atoms with Gasteiger partial charge in [-0.05, 0) is 75.7 Å². The molecule has 0 saturated carbocycles. The van der Waals surface area contributed by atoms with Crippen LogP contribution in [0.25, 0.3) is 12.2 Å². The molecule has 0 heterocycles. The summed E-state index contributed by atoms with van der Waals surface area (Å²) >= 11 is 0. The monoisotopic (exact) mass is 496 g/mol. The average molecular weight is 497 g/mol. The Labute approximate surface area is 222 Å². The lowest BCUT2D eigenvalue weighted by molar-refractivity contribution is 0.0696. The molecule has 0 amide bonds. The van der Waals surface area contributed by atoms with Crippen molar-refractivity contribution in [1.82, 2.24) is 0 Å². The van der Waals surface area contributed by atoms with Crippen LogP contribution in [-0.2, 0) is 0 Å². The molecule has 0 aliphatic heterocycles. The number of carbonyl (C=O) groups is 1. The van der Waals surface area contributed by atoms with Crippen molar-refractivity contribution in [1.29, 1.82) is 0 Å². The predicted molar refractivity (Wildman–Crippen MR) is 157 cm³/mol. The second kappa shape index (κ2) is 10.9. The first kappa shape index (κ1) is 24.6. The quantitative estimate of drug-likeness (QED) is 0.268. The molecule has 0 unspecified atom stereocenters. The van der Waals surface area contributed by atoms with Gasteiger partial charge in [0.15, 0.2) is 0 Å². The molecule has 0 radical (unpaired) electrons. The molecular weight excluding hydrogens is 468 g/mol. The van der Waals surface area contributed by atoms with E-state index in [1.807, 2.05) is 72.8 Å². The van der Waals surface area contributed by atoms with Crippen LogP contribution in [0.2, 0.25) is 0 Å². The fourth-order valence-electron chi connectivity index (χ4n) is 4.62. The highest BCUT2D eigenvalue weighted by Crippen LogP contribution is 2.35. The number of para-hydroxylation sites is 2. The zero-order valence-electron chi connectivity index (χ0n) is 21.1. The highest BCUT2D eigenvalue weighted by atomic mass is 16.4. The van der Waals surface area contributed by atoms with E-state index >= 15 is 0 Å². The van der Waals surface area contributed by atoms with Crippen molar-refractivity contribution < 1.29 is 9.90 Å². The van der Waals surface area contributed by atoms with Gasteiger partial charge in [-0.15, -0.1) is 0 Å². The number of nitrogens with zero attached hydrogens (tertiary/aromatic N) is 1. The first-order valence-electron chi connectivity index (χ1n) is 12.4. The Morgan fingerprint density at radius 2 is 1.24 bits per heavy atom. The standard InChI is InChI=1S/C34H28N2O2/c1-24-13-15-25(16-14-24)33(31-22-19-27(35-2)23-32(31)34(37)38)26-17-20-30(21-18-26)36(28-9-5-3-6-10-28)29-11-7-4-8-12-29/h3-23,35H,1H2,2H3,(H,37,38). The van der Waals surface area contributed by atoms with Crippen LogP contribution >= 0.6 is 0 Å². The summed E-state index contributed by atoms with van der Waals surface area (Å²) in [5, 5.41) is 14.9. The van der Waals surface area contributed by atoms with Gasteiger partial charge in [-0.25, -0.2) is 4.79 Å². The van der Waals surface area contributed by atoms with E-state index in [0.29, 0.717) is 5.56 Å². The normalized spacial score (nSPS) is 10.6. The van der Waals surface area contributed by atoms with E-state index in [0.717, 1.165) is 44.3 Å². The van der Waals surface area contributed by atoms with Gasteiger partial charge < -0.3 is 15.3 Å². The van der Waals surface area contributed by atoms with Crippen LogP contribution in [0.15, 0.2) is 127 Å². The summed E-state index contributed by atoms with van der Waals surface area (Å²) in [6.45, 7) is 4.01. The summed E-state index contributed by atoms with van der Waals surface area (Å²) in [7, 11) is 1.78. The topological polar surface area (TPSA) is 52.6 Å². The zero-order valence-corrected chi connectivity index (χ0v) is 21.1. The van der Waals surface area contributed by atoms with Crippen molar-refractivity contribution in [2.24, 2.45) is 0 Å². The fraction of sp³-hybridized carbons (Fsp3) is 0.0294. The van der Waals surface area contributed by atoms with Crippen LogP contribution < -0.4 is 20.7 Å². The lowest BCUT2D eigenvalue weighted by atomic mass is 9.91. The van der Waals surface area contributed by atoms with Crippen LogP contribution in [0.5, 0.6) is 0 Å². The highest BCUT2D eigenvalue weighted by Gasteiger charge is 2.18. The van der Waals surface area contributed by atoms with Gasteiger partial charge in [0.2, 0.25) is 0 Å². The summed E-state index contributed by atoms with van der Waals surface area (Å²) < 4.78 is 0. The van der Waals surface area contributed by atoms with Crippen molar-refractivity contribution in [2.45, 2.75) is 0 Å². The Morgan fingerprint density at radius 1 is 0.684 bits per heavy atom. The van der Waals surface area contributed by atoms with Gasteiger partial charge in [0.25, 0.3) is 0 Å². The minimum Gasteiger partial charge on any atom is -0.478 e. The highest BCUT2D eigenvalue weighted by molar-refractivity contribution is 5.98. The Balaban J connectivity index is 1.69. The molecule has 38 heavy (non-hydrogen) atoms. The first-order chi connectivity index (χ1) is 18.5. The van der Waals surface area contributed by atoms with E-state index in [-0.39, 0.29) is 5.56 Å².